The molecule has 0 saturated heterocycles. The van der Waals surface area contributed by atoms with Crippen molar-refractivity contribution in [2.45, 2.75) is 13.5 Å². The molecular weight excluding hydrogens is 190 g/mol. The molecule has 1 aromatic heterocycles. The lowest BCUT2D eigenvalue weighted by Gasteiger charge is -2.04. The maximum atomic E-state index is 5.77. The van der Waals surface area contributed by atoms with Crippen molar-refractivity contribution in [1.29, 1.82) is 0 Å². The maximum Gasteiger partial charge on any atom is 0.158 e. The van der Waals surface area contributed by atoms with Gasteiger partial charge in [-0.1, -0.05) is 11.6 Å². The van der Waals surface area contributed by atoms with E-state index in [0.29, 0.717) is 17.6 Å². The predicted molar refractivity (Wildman–Crippen MR) is 51.9 cm³/mol. The number of ether oxygens (including phenoxy) is 1. The zero-order valence-electron chi connectivity index (χ0n) is 7.67. The third kappa shape index (κ3) is 3.16. The first-order valence-electron chi connectivity index (χ1n) is 4.02. The molecule has 0 aliphatic rings. The average Bonchev–Trinajstić information content (AvgIpc) is 2.04. The molecule has 72 valence electrons. The Kier molecular flexibility index (Phi) is 3.92. The van der Waals surface area contributed by atoms with E-state index < -0.39 is 0 Å². The van der Waals surface area contributed by atoms with E-state index in [2.05, 4.69) is 15.3 Å². The van der Waals surface area contributed by atoms with Crippen LogP contribution in [0, 0.1) is 0 Å². The number of nitrogens with zero attached hydrogens (tertiary/aromatic N) is 2. The second kappa shape index (κ2) is 4.99. The van der Waals surface area contributed by atoms with Crippen LogP contribution < -0.4 is 5.32 Å². The largest absolute Gasteiger partial charge is 0.377 e. The highest BCUT2D eigenvalue weighted by Gasteiger charge is 2.01. The van der Waals surface area contributed by atoms with Crippen molar-refractivity contribution in [3.63, 3.8) is 0 Å². The summed E-state index contributed by atoms with van der Waals surface area (Å²) >= 11 is 5.77. The molecule has 0 radical (unpaired) electrons. The summed E-state index contributed by atoms with van der Waals surface area (Å²) in [5.74, 6) is 1.32. The highest BCUT2D eigenvalue weighted by atomic mass is 35.5. The third-order valence-electron chi connectivity index (χ3n) is 1.37. The number of nitrogens with one attached hydrogen (secondary N) is 1. The van der Waals surface area contributed by atoms with Crippen LogP contribution >= 0.6 is 11.6 Å². The Bertz CT molecular complexity index is 256. The molecule has 1 aromatic rings. The standard InChI is InChI=1S/C8H12ClN3O/c1-3-10-7-4-6(9)11-8(12-7)5-13-2/h4H,3,5H2,1-2H3,(H,10,11,12). The minimum Gasteiger partial charge on any atom is -0.377 e. The second-order valence-corrected chi connectivity index (χ2v) is 2.84. The van der Waals surface area contributed by atoms with Gasteiger partial charge in [-0.2, -0.15) is 0 Å². The van der Waals surface area contributed by atoms with E-state index in [1.807, 2.05) is 6.92 Å². The minimum atomic E-state index is 0.374. The Morgan fingerprint density at radius 1 is 1.54 bits per heavy atom. The summed E-state index contributed by atoms with van der Waals surface area (Å²) in [6.45, 7) is 3.17. The van der Waals surface area contributed by atoms with Crippen molar-refractivity contribution in [1.82, 2.24) is 9.97 Å². The molecule has 1 heterocycles. The average molecular weight is 202 g/mol. The van der Waals surface area contributed by atoms with Gasteiger partial charge in [-0.3, -0.25) is 0 Å². The van der Waals surface area contributed by atoms with Gasteiger partial charge in [0.05, 0.1) is 0 Å². The van der Waals surface area contributed by atoms with Crippen molar-refractivity contribution in [3.8, 4) is 0 Å². The van der Waals surface area contributed by atoms with Gasteiger partial charge >= 0.3 is 0 Å². The van der Waals surface area contributed by atoms with Crippen molar-refractivity contribution in [2.75, 3.05) is 19.0 Å². The number of methoxy groups -OCH3 is 1. The van der Waals surface area contributed by atoms with Crippen molar-refractivity contribution in [2.24, 2.45) is 0 Å². The van der Waals surface area contributed by atoms with E-state index in [1.165, 1.54) is 0 Å². The normalized spacial score (nSPS) is 10.1. The van der Waals surface area contributed by atoms with Gasteiger partial charge < -0.3 is 10.1 Å². The van der Waals surface area contributed by atoms with Crippen LogP contribution in [0.25, 0.3) is 0 Å². The van der Waals surface area contributed by atoms with E-state index >= 15 is 0 Å². The van der Waals surface area contributed by atoms with Crippen molar-refractivity contribution >= 4 is 17.4 Å². The summed E-state index contributed by atoms with van der Waals surface area (Å²) in [7, 11) is 1.59. The molecule has 1 rings (SSSR count). The van der Waals surface area contributed by atoms with E-state index in [9.17, 15) is 0 Å². The van der Waals surface area contributed by atoms with E-state index in [4.69, 9.17) is 16.3 Å². The molecule has 0 aliphatic heterocycles. The Morgan fingerprint density at radius 3 is 2.92 bits per heavy atom. The fourth-order valence-corrected chi connectivity index (χ4v) is 1.13. The first kappa shape index (κ1) is 10.2. The first-order chi connectivity index (χ1) is 6.26. The SMILES string of the molecule is CCNc1cc(Cl)nc(COC)n1. The van der Waals surface area contributed by atoms with E-state index in [0.717, 1.165) is 12.4 Å². The molecule has 0 aromatic carbocycles. The van der Waals surface area contributed by atoms with Crippen molar-refractivity contribution < 1.29 is 4.74 Å². The lowest BCUT2D eigenvalue weighted by molar-refractivity contribution is 0.178. The van der Waals surface area contributed by atoms with E-state index in [-0.39, 0.29) is 0 Å². The Balaban J connectivity index is 2.83. The fourth-order valence-electron chi connectivity index (χ4n) is 0.930. The van der Waals surface area contributed by atoms with Crippen LogP contribution in [0.2, 0.25) is 5.15 Å². The predicted octanol–water partition coefficient (Wildman–Crippen LogP) is 1.71. The van der Waals surface area contributed by atoms with Gasteiger partial charge in [-0.25, -0.2) is 9.97 Å². The monoisotopic (exact) mass is 201 g/mol. The molecular formula is C8H12ClN3O. The minimum absolute atomic E-state index is 0.374. The van der Waals surface area contributed by atoms with Crippen LogP contribution in [-0.2, 0) is 11.3 Å². The first-order valence-corrected chi connectivity index (χ1v) is 4.40. The zero-order valence-corrected chi connectivity index (χ0v) is 8.43. The van der Waals surface area contributed by atoms with Crippen LogP contribution in [0.1, 0.15) is 12.7 Å². The van der Waals surface area contributed by atoms with Crippen LogP contribution in [0.5, 0.6) is 0 Å². The smallest absolute Gasteiger partial charge is 0.158 e. The highest BCUT2D eigenvalue weighted by molar-refractivity contribution is 6.29. The van der Waals surface area contributed by atoms with Gasteiger partial charge in [0.15, 0.2) is 5.82 Å². The molecule has 5 heteroatoms. The number of rotatable bonds is 4. The summed E-state index contributed by atoms with van der Waals surface area (Å²) in [4.78, 5) is 8.18. The maximum absolute atomic E-state index is 5.77. The summed E-state index contributed by atoms with van der Waals surface area (Å²) in [5, 5.41) is 3.48. The number of hydrogen-bond acceptors (Lipinski definition) is 4. The van der Waals surface area contributed by atoms with Crippen molar-refractivity contribution in [3.05, 3.63) is 17.0 Å². The lowest BCUT2D eigenvalue weighted by Crippen LogP contribution is -2.04. The van der Waals surface area contributed by atoms with Crippen LogP contribution in [-0.4, -0.2) is 23.6 Å². The highest BCUT2D eigenvalue weighted by Crippen LogP contribution is 2.11. The molecule has 0 amide bonds. The quantitative estimate of drug-likeness (QED) is 0.754. The van der Waals surface area contributed by atoms with Crippen LogP contribution in [0.15, 0.2) is 6.07 Å². The Labute approximate surface area is 82.3 Å². The Morgan fingerprint density at radius 2 is 2.31 bits per heavy atom. The second-order valence-electron chi connectivity index (χ2n) is 2.46. The Hall–Kier alpha value is -0.870. The summed E-state index contributed by atoms with van der Waals surface area (Å²) < 4.78 is 4.90. The topological polar surface area (TPSA) is 47.0 Å². The number of aromatic nitrogens is 2. The molecule has 0 fully saturated rings. The number of halogens is 1. The zero-order chi connectivity index (χ0) is 9.68. The third-order valence-corrected chi connectivity index (χ3v) is 1.57. The molecule has 0 aliphatic carbocycles. The van der Waals surface area contributed by atoms with Gasteiger partial charge in [0.1, 0.15) is 17.6 Å². The summed E-state index contributed by atoms with van der Waals surface area (Å²) in [6.07, 6.45) is 0. The number of hydrogen-bond donors (Lipinski definition) is 1. The van der Waals surface area contributed by atoms with Gasteiger partial charge in [-0.05, 0) is 6.92 Å². The number of anilines is 1. The fraction of sp³-hybridized carbons (Fsp3) is 0.500. The molecule has 0 spiro atoms. The van der Waals surface area contributed by atoms with Crippen LogP contribution in [0.3, 0.4) is 0 Å². The molecule has 4 nitrogen and oxygen atoms in total. The molecule has 13 heavy (non-hydrogen) atoms. The molecule has 0 atom stereocenters. The van der Waals surface area contributed by atoms with Crippen LogP contribution in [0.4, 0.5) is 5.82 Å². The van der Waals surface area contributed by atoms with E-state index in [1.54, 1.807) is 13.2 Å². The summed E-state index contributed by atoms with van der Waals surface area (Å²) in [6, 6.07) is 1.68. The van der Waals surface area contributed by atoms with Gasteiger partial charge in [-0.15, -0.1) is 0 Å². The molecule has 0 saturated carbocycles. The lowest BCUT2D eigenvalue weighted by atomic mass is 10.5. The molecule has 0 bridgehead atoms. The van der Waals surface area contributed by atoms with Gasteiger partial charge in [0.2, 0.25) is 0 Å². The molecule has 1 N–H and O–H groups in total. The summed E-state index contributed by atoms with van der Waals surface area (Å²) in [5.41, 5.74) is 0. The van der Waals surface area contributed by atoms with Gasteiger partial charge in [0.25, 0.3) is 0 Å². The van der Waals surface area contributed by atoms with Gasteiger partial charge in [0, 0.05) is 19.7 Å². The molecule has 0 unspecified atom stereocenters.